The summed E-state index contributed by atoms with van der Waals surface area (Å²) in [5.41, 5.74) is 4.46. The molecule has 0 amide bonds. The molecule has 26 heavy (non-hydrogen) atoms. The zero-order valence-electron chi connectivity index (χ0n) is 14.5. The summed E-state index contributed by atoms with van der Waals surface area (Å²) >= 11 is 6.07. The Morgan fingerprint density at radius 3 is 2.27 bits per heavy atom. The lowest BCUT2D eigenvalue weighted by molar-refractivity contribution is 0.415. The summed E-state index contributed by atoms with van der Waals surface area (Å²) in [5, 5.41) is 7.79. The monoisotopic (exact) mass is 362 g/mol. The molecule has 0 radical (unpaired) electrons. The van der Waals surface area contributed by atoms with Gasteiger partial charge in [-0.05, 0) is 59.7 Å². The molecule has 0 unspecified atom stereocenters. The Labute approximate surface area is 158 Å². The van der Waals surface area contributed by atoms with Crippen LogP contribution in [0.5, 0.6) is 5.75 Å². The molecule has 4 heteroatoms. The number of nitrogens with zero attached hydrogens (tertiary/aromatic N) is 2. The van der Waals surface area contributed by atoms with E-state index in [9.17, 15) is 0 Å². The standard InChI is InChI=1S/C22H19ClN2O/c1-26-20-13-9-16(10-14-20)21-15-22(17-7-11-18(23)12-8-17)25(24-21)19-5-3-2-4-6-19/h2-14,22H,15H2,1H3/t22-/m0/s1. The van der Waals surface area contributed by atoms with Crippen LogP contribution in [0.25, 0.3) is 0 Å². The fourth-order valence-electron chi connectivity index (χ4n) is 3.23. The predicted octanol–water partition coefficient (Wildman–Crippen LogP) is 5.70. The Morgan fingerprint density at radius 2 is 1.62 bits per heavy atom. The third kappa shape index (κ3) is 3.31. The molecular formula is C22H19ClN2O. The van der Waals surface area contributed by atoms with Crippen LogP contribution in [0.4, 0.5) is 5.69 Å². The van der Waals surface area contributed by atoms with E-state index in [0.29, 0.717) is 0 Å². The van der Waals surface area contributed by atoms with Gasteiger partial charge in [-0.15, -0.1) is 0 Å². The van der Waals surface area contributed by atoms with Crippen molar-refractivity contribution in [2.24, 2.45) is 5.10 Å². The molecule has 0 N–H and O–H groups in total. The molecule has 0 saturated carbocycles. The molecule has 130 valence electrons. The Hall–Kier alpha value is -2.78. The molecule has 1 atom stereocenters. The second-order valence-corrected chi connectivity index (χ2v) is 6.66. The maximum Gasteiger partial charge on any atom is 0.118 e. The lowest BCUT2D eigenvalue weighted by atomic mass is 9.98. The van der Waals surface area contributed by atoms with E-state index in [1.807, 2.05) is 42.5 Å². The predicted molar refractivity (Wildman–Crippen MR) is 107 cm³/mol. The van der Waals surface area contributed by atoms with Crippen molar-refractivity contribution in [3.8, 4) is 5.75 Å². The summed E-state index contributed by atoms with van der Waals surface area (Å²) in [5.74, 6) is 0.849. The van der Waals surface area contributed by atoms with Crippen LogP contribution in [0.15, 0.2) is 84.0 Å². The zero-order chi connectivity index (χ0) is 17.9. The van der Waals surface area contributed by atoms with E-state index in [1.165, 1.54) is 5.56 Å². The number of hydrogen-bond donors (Lipinski definition) is 0. The van der Waals surface area contributed by atoms with Crippen molar-refractivity contribution >= 4 is 23.0 Å². The van der Waals surface area contributed by atoms with E-state index < -0.39 is 0 Å². The molecule has 0 fully saturated rings. The number of para-hydroxylation sites is 1. The first-order valence-corrected chi connectivity index (χ1v) is 8.94. The van der Waals surface area contributed by atoms with Crippen LogP contribution in [0.3, 0.4) is 0 Å². The Bertz CT molecular complexity index is 905. The van der Waals surface area contributed by atoms with Gasteiger partial charge in [0.15, 0.2) is 0 Å². The highest BCUT2D eigenvalue weighted by atomic mass is 35.5. The molecule has 0 spiro atoms. The smallest absolute Gasteiger partial charge is 0.118 e. The lowest BCUT2D eigenvalue weighted by Gasteiger charge is -2.24. The Kier molecular flexibility index (Phi) is 4.63. The minimum absolute atomic E-state index is 0.145. The topological polar surface area (TPSA) is 24.8 Å². The summed E-state index contributed by atoms with van der Waals surface area (Å²) in [7, 11) is 1.68. The fourth-order valence-corrected chi connectivity index (χ4v) is 3.36. The average molecular weight is 363 g/mol. The number of rotatable bonds is 4. The number of halogens is 1. The number of hydrazone groups is 1. The highest BCUT2D eigenvalue weighted by Crippen LogP contribution is 2.37. The minimum atomic E-state index is 0.145. The molecule has 3 aromatic rings. The van der Waals surface area contributed by atoms with E-state index >= 15 is 0 Å². The normalized spacial score (nSPS) is 16.5. The molecule has 1 aliphatic heterocycles. The van der Waals surface area contributed by atoms with Crippen molar-refractivity contribution < 1.29 is 4.74 Å². The second-order valence-electron chi connectivity index (χ2n) is 6.23. The van der Waals surface area contributed by atoms with Crippen LogP contribution in [-0.2, 0) is 0 Å². The van der Waals surface area contributed by atoms with Crippen LogP contribution >= 0.6 is 11.6 Å². The number of ether oxygens (including phenoxy) is 1. The van der Waals surface area contributed by atoms with Gasteiger partial charge < -0.3 is 4.74 Å². The van der Waals surface area contributed by atoms with Gasteiger partial charge in [0.2, 0.25) is 0 Å². The Morgan fingerprint density at radius 1 is 0.923 bits per heavy atom. The maximum absolute atomic E-state index is 6.07. The first-order chi connectivity index (χ1) is 12.7. The molecule has 3 aromatic carbocycles. The van der Waals surface area contributed by atoms with Gasteiger partial charge in [-0.25, -0.2) is 0 Å². The molecule has 0 aromatic heterocycles. The van der Waals surface area contributed by atoms with Crippen molar-refractivity contribution in [2.45, 2.75) is 12.5 Å². The van der Waals surface area contributed by atoms with Crippen LogP contribution < -0.4 is 9.75 Å². The van der Waals surface area contributed by atoms with Crippen molar-refractivity contribution in [3.05, 3.63) is 95.0 Å². The molecule has 3 nitrogen and oxygen atoms in total. The van der Waals surface area contributed by atoms with Gasteiger partial charge in [-0.2, -0.15) is 5.10 Å². The number of anilines is 1. The molecule has 1 heterocycles. The largest absolute Gasteiger partial charge is 0.497 e. The lowest BCUT2D eigenvalue weighted by Crippen LogP contribution is -2.18. The quantitative estimate of drug-likeness (QED) is 0.594. The highest BCUT2D eigenvalue weighted by Gasteiger charge is 2.29. The van der Waals surface area contributed by atoms with Crippen LogP contribution in [0.1, 0.15) is 23.6 Å². The van der Waals surface area contributed by atoms with Crippen LogP contribution in [0.2, 0.25) is 5.02 Å². The Balaban J connectivity index is 1.71. The van der Waals surface area contributed by atoms with Crippen molar-refractivity contribution in [3.63, 3.8) is 0 Å². The van der Waals surface area contributed by atoms with Gasteiger partial charge in [0, 0.05) is 11.4 Å². The maximum atomic E-state index is 6.07. The van der Waals surface area contributed by atoms with E-state index in [2.05, 4.69) is 41.4 Å². The molecule has 0 bridgehead atoms. The summed E-state index contributed by atoms with van der Waals surface area (Å²) < 4.78 is 5.26. The van der Waals surface area contributed by atoms with E-state index in [-0.39, 0.29) is 6.04 Å². The van der Waals surface area contributed by atoms with E-state index in [1.54, 1.807) is 7.11 Å². The molecular weight excluding hydrogens is 344 g/mol. The second kappa shape index (κ2) is 7.22. The van der Waals surface area contributed by atoms with Gasteiger partial charge in [-0.1, -0.05) is 41.9 Å². The summed E-state index contributed by atoms with van der Waals surface area (Å²) in [6, 6.07) is 26.5. The van der Waals surface area contributed by atoms with Crippen molar-refractivity contribution in [2.75, 3.05) is 12.1 Å². The molecule has 0 aliphatic carbocycles. The molecule has 4 rings (SSSR count). The highest BCUT2D eigenvalue weighted by molar-refractivity contribution is 6.30. The number of methoxy groups -OCH3 is 1. The zero-order valence-corrected chi connectivity index (χ0v) is 15.2. The van der Waals surface area contributed by atoms with Gasteiger partial charge >= 0.3 is 0 Å². The minimum Gasteiger partial charge on any atom is -0.497 e. The third-order valence-electron chi connectivity index (χ3n) is 4.61. The van der Waals surface area contributed by atoms with Crippen molar-refractivity contribution in [1.82, 2.24) is 0 Å². The third-order valence-corrected chi connectivity index (χ3v) is 4.86. The fraction of sp³-hybridized carbons (Fsp3) is 0.136. The van der Waals surface area contributed by atoms with E-state index in [4.69, 9.17) is 21.4 Å². The van der Waals surface area contributed by atoms with Gasteiger partial charge in [0.05, 0.1) is 24.6 Å². The summed E-state index contributed by atoms with van der Waals surface area (Å²) in [4.78, 5) is 0. The number of benzene rings is 3. The van der Waals surface area contributed by atoms with Crippen molar-refractivity contribution in [1.29, 1.82) is 0 Å². The summed E-state index contributed by atoms with van der Waals surface area (Å²) in [6.45, 7) is 0. The van der Waals surface area contributed by atoms with Crippen LogP contribution in [0, 0.1) is 0 Å². The first-order valence-electron chi connectivity index (χ1n) is 8.56. The van der Waals surface area contributed by atoms with E-state index in [0.717, 1.165) is 34.2 Å². The molecule has 1 aliphatic rings. The number of hydrogen-bond acceptors (Lipinski definition) is 3. The van der Waals surface area contributed by atoms with Gasteiger partial charge in [-0.3, -0.25) is 5.01 Å². The molecule has 0 saturated heterocycles. The SMILES string of the molecule is COc1ccc(C2=NN(c3ccccc3)[C@H](c3ccc(Cl)cc3)C2)cc1. The first kappa shape index (κ1) is 16.7. The van der Waals surface area contributed by atoms with Gasteiger partial charge in [0.25, 0.3) is 0 Å². The summed E-state index contributed by atoms with van der Waals surface area (Å²) in [6.07, 6.45) is 0.836. The van der Waals surface area contributed by atoms with Crippen LogP contribution in [-0.4, -0.2) is 12.8 Å². The van der Waals surface area contributed by atoms with Gasteiger partial charge in [0.1, 0.15) is 5.75 Å². The average Bonchev–Trinajstić information content (AvgIpc) is 3.15.